The molecule has 0 aromatic carbocycles. The van der Waals surface area contributed by atoms with Crippen LogP contribution in [0, 0.1) is 0 Å². The lowest BCUT2D eigenvalue weighted by Crippen LogP contribution is -2.66. The lowest BCUT2D eigenvalue weighted by molar-refractivity contribution is -0.172. The fourth-order valence-corrected chi connectivity index (χ4v) is 1.26. The quantitative estimate of drug-likeness (QED) is 0.499. The summed E-state index contributed by atoms with van der Waals surface area (Å²) >= 11 is 0. The van der Waals surface area contributed by atoms with Crippen LogP contribution in [-0.4, -0.2) is 34.6 Å². The smallest absolute Gasteiger partial charge is 0.355 e. The van der Waals surface area contributed by atoms with Crippen molar-refractivity contribution in [3.05, 3.63) is 0 Å². The van der Waals surface area contributed by atoms with Gasteiger partial charge < -0.3 is 4.84 Å². The van der Waals surface area contributed by atoms with Gasteiger partial charge in [-0.2, -0.15) is 5.90 Å². The maximum atomic E-state index is 10.9. The Morgan fingerprint density at radius 1 is 1.58 bits per heavy atom. The molecule has 0 aromatic rings. The lowest BCUT2D eigenvalue weighted by Gasteiger charge is -2.47. The average Bonchev–Trinajstić information content (AvgIpc) is 1.97. The second kappa shape index (κ2) is 2.98. The van der Waals surface area contributed by atoms with Gasteiger partial charge in [0, 0.05) is 6.92 Å². The van der Waals surface area contributed by atoms with Gasteiger partial charge in [0.2, 0.25) is 5.91 Å². The van der Waals surface area contributed by atoms with Crippen LogP contribution in [0.15, 0.2) is 0 Å². The van der Waals surface area contributed by atoms with Crippen LogP contribution in [0.2, 0.25) is 0 Å². The van der Waals surface area contributed by atoms with Crippen molar-refractivity contribution in [2.45, 2.75) is 19.9 Å². The summed E-state index contributed by atoms with van der Waals surface area (Å²) in [5.41, 5.74) is 0. The monoisotopic (exact) mass is 173 g/mol. The van der Waals surface area contributed by atoms with E-state index in [0.717, 1.165) is 5.01 Å². The fraction of sp³-hybridized carbons (Fsp3) is 0.667. The number of hydrogen-bond acceptors (Lipinski definition) is 4. The molecular weight excluding hydrogens is 162 g/mol. The standard InChI is InChI=1S/C6H11N3O3/c1-4-3-8(6(11)12-7)9(4)5(2)10/h4H,3,7H2,1-2H3. The van der Waals surface area contributed by atoms with Crippen molar-refractivity contribution in [1.82, 2.24) is 10.0 Å². The van der Waals surface area contributed by atoms with Crippen LogP contribution in [0.4, 0.5) is 4.79 Å². The van der Waals surface area contributed by atoms with Crippen molar-refractivity contribution in [3.63, 3.8) is 0 Å². The Morgan fingerprint density at radius 2 is 2.17 bits per heavy atom. The summed E-state index contributed by atoms with van der Waals surface area (Å²) in [7, 11) is 0. The first-order valence-corrected chi connectivity index (χ1v) is 3.56. The van der Waals surface area contributed by atoms with Crippen LogP contribution in [0.5, 0.6) is 0 Å². The highest BCUT2D eigenvalue weighted by Gasteiger charge is 2.39. The Bertz CT molecular complexity index is 218. The molecule has 0 aromatic heterocycles. The van der Waals surface area contributed by atoms with Gasteiger partial charge >= 0.3 is 6.09 Å². The van der Waals surface area contributed by atoms with Crippen LogP contribution in [0.1, 0.15) is 13.8 Å². The molecule has 0 saturated carbocycles. The highest BCUT2D eigenvalue weighted by Crippen LogP contribution is 2.18. The van der Waals surface area contributed by atoms with Crippen molar-refractivity contribution in [2.24, 2.45) is 5.90 Å². The van der Waals surface area contributed by atoms with Crippen LogP contribution in [-0.2, 0) is 9.63 Å². The largest absolute Gasteiger partial charge is 0.447 e. The Morgan fingerprint density at radius 3 is 2.50 bits per heavy atom. The van der Waals surface area contributed by atoms with E-state index in [9.17, 15) is 9.59 Å². The molecule has 1 rings (SSSR count). The van der Waals surface area contributed by atoms with Gasteiger partial charge in [-0.1, -0.05) is 0 Å². The summed E-state index contributed by atoms with van der Waals surface area (Å²) in [4.78, 5) is 25.7. The Labute approximate surface area is 69.8 Å². The van der Waals surface area contributed by atoms with Gasteiger partial charge in [0.1, 0.15) is 0 Å². The van der Waals surface area contributed by atoms with E-state index in [2.05, 4.69) is 10.7 Å². The first-order valence-electron chi connectivity index (χ1n) is 3.56. The summed E-state index contributed by atoms with van der Waals surface area (Å²) in [6.07, 6.45) is -0.705. The second-order valence-electron chi connectivity index (χ2n) is 2.68. The number of rotatable bonds is 0. The minimum atomic E-state index is -0.705. The van der Waals surface area contributed by atoms with Crippen LogP contribution in [0.25, 0.3) is 0 Å². The third-order valence-electron chi connectivity index (χ3n) is 1.75. The first kappa shape index (κ1) is 8.79. The molecule has 1 heterocycles. The molecule has 2 N–H and O–H groups in total. The maximum Gasteiger partial charge on any atom is 0.447 e. The third-order valence-corrected chi connectivity index (χ3v) is 1.75. The number of carbonyl (C=O) groups is 2. The zero-order valence-corrected chi connectivity index (χ0v) is 6.98. The molecule has 68 valence electrons. The summed E-state index contributed by atoms with van der Waals surface area (Å²) in [6.45, 7) is 3.68. The molecule has 1 saturated heterocycles. The molecule has 0 spiro atoms. The van der Waals surface area contributed by atoms with E-state index in [0.29, 0.717) is 6.54 Å². The van der Waals surface area contributed by atoms with Gasteiger partial charge in [0.05, 0.1) is 12.6 Å². The van der Waals surface area contributed by atoms with Gasteiger partial charge in [-0.25, -0.2) is 14.8 Å². The fourth-order valence-electron chi connectivity index (χ4n) is 1.26. The number of hydrazine groups is 1. The van der Waals surface area contributed by atoms with Crippen molar-refractivity contribution in [3.8, 4) is 0 Å². The summed E-state index contributed by atoms with van der Waals surface area (Å²) in [5.74, 6) is 4.47. The molecular formula is C6H11N3O3. The molecule has 1 unspecified atom stereocenters. The average molecular weight is 173 g/mol. The minimum Gasteiger partial charge on any atom is -0.355 e. The van der Waals surface area contributed by atoms with Crippen LogP contribution in [0.3, 0.4) is 0 Å². The molecule has 1 aliphatic heterocycles. The minimum absolute atomic E-state index is 0.0431. The number of nitrogens with zero attached hydrogens (tertiary/aromatic N) is 2. The van der Waals surface area contributed by atoms with Crippen molar-refractivity contribution in [1.29, 1.82) is 0 Å². The summed E-state index contributed by atoms with van der Waals surface area (Å²) in [6, 6.07) is 0.0431. The van der Waals surface area contributed by atoms with Crippen molar-refractivity contribution >= 4 is 12.0 Å². The molecule has 2 amide bonds. The van der Waals surface area contributed by atoms with E-state index in [-0.39, 0.29) is 11.9 Å². The van der Waals surface area contributed by atoms with E-state index in [1.165, 1.54) is 11.9 Å². The normalized spacial score (nSPS) is 21.8. The molecule has 0 radical (unpaired) electrons. The highest BCUT2D eigenvalue weighted by atomic mass is 16.7. The maximum absolute atomic E-state index is 10.9. The number of hydrogen-bond donors (Lipinski definition) is 1. The van der Waals surface area contributed by atoms with Gasteiger partial charge in [-0.05, 0) is 6.92 Å². The predicted octanol–water partition coefficient (Wildman–Crippen LogP) is -0.536. The molecule has 0 bridgehead atoms. The molecule has 6 nitrogen and oxygen atoms in total. The molecule has 1 fully saturated rings. The third kappa shape index (κ3) is 1.20. The van der Waals surface area contributed by atoms with Gasteiger partial charge in [-0.15, -0.1) is 0 Å². The highest BCUT2D eigenvalue weighted by molar-refractivity contribution is 5.79. The molecule has 0 aliphatic carbocycles. The SMILES string of the molecule is CC(=O)N1C(C)CN1C(=O)ON. The Kier molecular flexibility index (Phi) is 2.18. The van der Waals surface area contributed by atoms with Gasteiger partial charge in [-0.3, -0.25) is 4.79 Å². The number of amides is 2. The number of carbonyl (C=O) groups excluding carboxylic acids is 2. The summed E-state index contributed by atoms with van der Waals surface area (Å²) in [5, 5.41) is 2.46. The molecule has 1 aliphatic rings. The Balaban J connectivity index is 2.60. The Hall–Kier alpha value is -1.30. The van der Waals surface area contributed by atoms with E-state index in [1.54, 1.807) is 0 Å². The van der Waals surface area contributed by atoms with E-state index < -0.39 is 6.09 Å². The number of nitrogens with two attached hydrogens (primary N) is 1. The first-order chi connectivity index (χ1) is 5.57. The molecule has 1 atom stereocenters. The van der Waals surface area contributed by atoms with Gasteiger partial charge in [0.15, 0.2) is 0 Å². The van der Waals surface area contributed by atoms with E-state index in [4.69, 9.17) is 0 Å². The second-order valence-corrected chi connectivity index (χ2v) is 2.68. The lowest BCUT2D eigenvalue weighted by atomic mass is 10.2. The zero-order chi connectivity index (χ0) is 9.30. The van der Waals surface area contributed by atoms with Crippen molar-refractivity contribution in [2.75, 3.05) is 6.54 Å². The zero-order valence-electron chi connectivity index (χ0n) is 6.98. The predicted molar refractivity (Wildman–Crippen MR) is 39.4 cm³/mol. The van der Waals surface area contributed by atoms with E-state index >= 15 is 0 Å². The van der Waals surface area contributed by atoms with Crippen LogP contribution < -0.4 is 5.90 Å². The topological polar surface area (TPSA) is 75.9 Å². The molecule has 6 heteroatoms. The van der Waals surface area contributed by atoms with E-state index in [1.807, 2.05) is 6.92 Å². The van der Waals surface area contributed by atoms with Crippen LogP contribution >= 0.6 is 0 Å². The summed E-state index contributed by atoms with van der Waals surface area (Å²) < 4.78 is 0. The van der Waals surface area contributed by atoms with Crippen molar-refractivity contribution < 1.29 is 14.4 Å². The molecule has 12 heavy (non-hydrogen) atoms. The van der Waals surface area contributed by atoms with Gasteiger partial charge in [0.25, 0.3) is 0 Å².